The van der Waals surface area contributed by atoms with Gasteiger partial charge in [0.05, 0.1) is 0 Å². The minimum Gasteiger partial charge on any atom is -0.313 e. The predicted molar refractivity (Wildman–Crippen MR) is 65.2 cm³/mol. The van der Waals surface area contributed by atoms with Crippen molar-refractivity contribution in [1.29, 1.82) is 5.41 Å². The molecule has 0 radical (unpaired) electrons. The Hall–Kier alpha value is -1.84. The van der Waals surface area contributed by atoms with Crippen molar-refractivity contribution in [3.63, 3.8) is 0 Å². The molecule has 1 aromatic rings. The smallest absolute Gasteiger partial charge is 0.313 e. The molecule has 1 saturated heterocycles. The molecular formula is C13H15N3O. The van der Waals surface area contributed by atoms with Crippen LogP contribution >= 0.6 is 0 Å². The standard InChI is InChI=1S/C13H15N3O/c1-16-11(12(14)15-13(16)17)10-4-2-3-9(7-10)8-5-6-8/h2-4,7-8,11H,5-6H2,1H3,(H2,14,15,17). The molecule has 2 fully saturated rings. The van der Waals surface area contributed by atoms with Crippen LogP contribution in [0.4, 0.5) is 4.79 Å². The van der Waals surface area contributed by atoms with Gasteiger partial charge in [-0.1, -0.05) is 24.3 Å². The third-order valence-electron chi connectivity index (χ3n) is 3.50. The second-order valence-corrected chi connectivity index (χ2v) is 4.80. The van der Waals surface area contributed by atoms with Gasteiger partial charge in [0.1, 0.15) is 11.9 Å². The summed E-state index contributed by atoms with van der Waals surface area (Å²) in [6.45, 7) is 0. The number of amides is 2. The van der Waals surface area contributed by atoms with Gasteiger partial charge in [0.25, 0.3) is 0 Å². The van der Waals surface area contributed by atoms with E-state index in [4.69, 9.17) is 5.41 Å². The van der Waals surface area contributed by atoms with Gasteiger partial charge in [-0.05, 0) is 29.9 Å². The van der Waals surface area contributed by atoms with Crippen molar-refractivity contribution < 1.29 is 4.79 Å². The van der Waals surface area contributed by atoms with E-state index in [-0.39, 0.29) is 17.9 Å². The van der Waals surface area contributed by atoms with E-state index in [1.807, 2.05) is 12.1 Å². The second kappa shape index (κ2) is 3.58. The number of hydrogen-bond acceptors (Lipinski definition) is 2. The van der Waals surface area contributed by atoms with Gasteiger partial charge in [-0.2, -0.15) is 0 Å². The van der Waals surface area contributed by atoms with Crippen molar-refractivity contribution >= 4 is 11.9 Å². The molecule has 0 bridgehead atoms. The Bertz CT molecular complexity index is 493. The largest absolute Gasteiger partial charge is 0.323 e. The quantitative estimate of drug-likeness (QED) is 0.802. The summed E-state index contributed by atoms with van der Waals surface area (Å²) in [5.41, 5.74) is 2.36. The van der Waals surface area contributed by atoms with Gasteiger partial charge in [0.15, 0.2) is 0 Å². The zero-order chi connectivity index (χ0) is 12.0. The summed E-state index contributed by atoms with van der Waals surface area (Å²) in [7, 11) is 1.73. The first kappa shape index (κ1) is 10.3. The molecule has 1 unspecified atom stereocenters. The Kier molecular flexibility index (Phi) is 2.18. The van der Waals surface area contributed by atoms with E-state index in [2.05, 4.69) is 17.4 Å². The van der Waals surface area contributed by atoms with Crippen molar-refractivity contribution in [2.24, 2.45) is 0 Å². The molecule has 2 N–H and O–H groups in total. The Morgan fingerprint density at radius 3 is 2.65 bits per heavy atom. The highest BCUT2D eigenvalue weighted by atomic mass is 16.2. The lowest BCUT2D eigenvalue weighted by Crippen LogP contribution is -2.25. The topological polar surface area (TPSA) is 56.2 Å². The maximum Gasteiger partial charge on any atom is 0.323 e. The van der Waals surface area contributed by atoms with E-state index in [9.17, 15) is 4.79 Å². The van der Waals surface area contributed by atoms with Crippen LogP contribution in [0.5, 0.6) is 0 Å². The van der Waals surface area contributed by atoms with E-state index in [1.165, 1.54) is 18.4 Å². The Labute approximate surface area is 100 Å². The number of urea groups is 1. The molecule has 17 heavy (non-hydrogen) atoms. The van der Waals surface area contributed by atoms with Crippen LogP contribution in [0.2, 0.25) is 0 Å². The zero-order valence-electron chi connectivity index (χ0n) is 9.73. The van der Waals surface area contributed by atoms with Crippen molar-refractivity contribution in [2.45, 2.75) is 24.8 Å². The van der Waals surface area contributed by atoms with Crippen LogP contribution in [-0.4, -0.2) is 23.8 Å². The Morgan fingerprint density at radius 2 is 2.06 bits per heavy atom. The molecule has 1 saturated carbocycles. The molecule has 2 amide bonds. The van der Waals surface area contributed by atoms with Gasteiger partial charge in [-0.15, -0.1) is 0 Å². The number of amidine groups is 1. The maximum absolute atomic E-state index is 11.5. The minimum absolute atomic E-state index is 0.197. The highest BCUT2D eigenvalue weighted by Gasteiger charge is 2.34. The monoisotopic (exact) mass is 229 g/mol. The summed E-state index contributed by atoms with van der Waals surface area (Å²) in [6, 6.07) is 7.83. The summed E-state index contributed by atoms with van der Waals surface area (Å²) in [4.78, 5) is 13.1. The average molecular weight is 229 g/mol. The molecule has 1 heterocycles. The first-order valence-corrected chi connectivity index (χ1v) is 5.89. The van der Waals surface area contributed by atoms with Gasteiger partial charge < -0.3 is 4.90 Å². The summed E-state index contributed by atoms with van der Waals surface area (Å²) in [6.07, 6.45) is 2.52. The molecule has 1 aromatic carbocycles. The SMILES string of the molecule is CN1C(=O)NC(=N)C1c1cccc(C2CC2)c1. The highest BCUT2D eigenvalue weighted by Crippen LogP contribution is 2.41. The van der Waals surface area contributed by atoms with E-state index < -0.39 is 0 Å². The number of benzene rings is 1. The fourth-order valence-corrected chi connectivity index (χ4v) is 2.37. The minimum atomic E-state index is -0.249. The van der Waals surface area contributed by atoms with Crippen LogP contribution in [0.3, 0.4) is 0 Å². The van der Waals surface area contributed by atoms with Crippen molar-refractivity contribution in [1.82, 2.24) is 10.2 Å². The van der Waals surface area contributed by atoms with E-state index >= 15 is 0 Å². The fraction of sp³-hybridized carbons (Fsp3) is 0.385. The van der Waals surface area contributed by atoms with Gasteiger partial charge in [-0.3, -0.25) is 10.7 Å². The van der Waals surface area contributed by atoms with Crippen LogP contribution in [0.1, 0.15) is 35.9 Å². The van der Waals surface area contributed by atoms with Crippen molar-refractivity contribution in [2.75, 3.05) is 7.05 Å². The lowest BCUT2D eigenvalue weighted by molar-refractivity contribution is 0.217. The van der Waals surface area contributed by atoms with E-state index in [0.29, 0.717) is 5.92 Å². The van der Waals surface area contributed by atoms with Crippen LogP contribution in [0.25, 0.3) is 0 Å². The summed E-state index contributed by atoms with van der Waals surface area (Å²) in [5.74, 6) is 0.963. The number of carbonyl (C=O) groups is 1. The molecule has 0 spiro atoms. The first-order valence-electron chi connectivity index (χ1n) is 5.89. The predicted octanol–water partition coefficient (Wildman–Crippen LogP) is 2.24. The molecule has 2 aliphatic rings. The lowest BCUT2D eigenvalue weighted by atomic mass is 10.0. The Balaban J connectivity index is 1.95. The van der Waals surface area contributed by atoms with E-state index in [0.717, 1.165) is 5.56 Å². The molecular weight excluding hydrogens is 214 g/mol. The van der Waals surface area contributed by atoms with Gasteiger partial charge >= 0.3 is 6.03 Å². The van der Waals surface area contributed by atoms with Crippen molar-refractivity contribution in [3.8, 4) is 0 Å². The maximum atomic E-state index is 11.5. The summed E-state index contributed by atoms with van der Waals surface area (Å²) in [5, 5.41) is 10.4. The lowest BCUT2D eigenvalue weighted by Gasteiger charge is -2.18. The number of nitrogens with zero attached hydrogens (tertiary/aromatic N) is 1. The third kappa shape index (κ3) is 1.69. The van der Waals surface area contributed by atoms with Crippen LogP contribution in [-0.2, 0) is 0 Å². The van der Waals surface area contributed by atoms with E-state index in [1.54, 1.807) is 11.9 Å². The van der Waals surface area contributed by atoms with Crippen LogP contribution < -0.4 is 5.32 Å². The van der Waals surface area contributed by atoms with Crippen LogP contribution in [0.15, 0.2) is 24.3 Å². The second-order valence-electron chi connectivity index (χ2n) is 4.80. The molecule has 1 aliphatic heterocycles. The van der Waals surface area contributed by atoms with Crippen LogP contribution in [0, 0.1) is 5.41 Å². The third-order valence-corrected chi connectivity index (χ3v) is 3.50. The molecule has 4 nitrogen and oxygen atoms in total. The molecule has 4 heteroatoms. The number of nitrogens with one attached hydrogen (secondary N) is 2. The number of carbonyl (C=O) groups excluding carboxylic acids is 1. The van der Waals surface area contributed by atoms with Gasteiger partial charge in [0, 0.05) is 7.05 Å². The molecule has 0 aromatic heterocycles. The molecule has 1 atom stereocenters. The molecule has 1 aliphatic carbocycles. The molecule has 3 rings (SSSR count). The highest BCUT2D eigenvalue weighted by molar-refractivity contribution is 6.05. The first-order chi connectivity index (χ1) is 8.16. The zero-order valence-corrected chi connectivity index (χ0v) is 9.73. The average Bonchev–Trinajstić information content (AvgIpc) is 3.09. The summed E-state index contributed by atoms with van der Waals surface area (Å²) >= 11 is 0. The van der Waals surface area contributed by atoms with Crippen molar-refractivity contribution in [3.05, 3.63) is 35.4 Å². The Morgan fingerprint density at radius 1 is 1.35 bits per heavy atom. The molecule has 88 valence electrons. The normalized spacial score (nSPS) is 24.1. The van der Waals surface area contributed by atoms with Gasteiger partial charge in [0.2, 0.25) is 0 Å². The van der Waals surface area contributed by atoms with Gasteiger partial charge in [-0.25, -0.2) is 4.79 Å². The number of rotatable bonds is 2. The number of likely N-dealkylation sites (N-methyl/N-ethyl adjacent to an activating group) is 1. The fourth-order valence-electron chi connectivity index (χ4n) is 2.37. The number of hydrogen-bond donors (Lipinski definition) is 2. The summed E-state index contributed by atoms with van der Waals surface area (Å²) < 4.78 is 0.